The molecule has 0 spiro atoms. The highest BCUT2D eigenvalue weighted by atomic mass is 35.5. The summed E-state index contributed by atoms with van der Waals surface area (Å²) in [6.45, 7) is 2.52. The molecular weight excluding hydrogens is 432 g/mol. The monoisotopic (exact) mass is 452 g/mol. The SMILES string of the molecule is CCOc1ccc(N2C(=O)/C(=C\c3cccc4ccccc34)N=C2c2ccc(Cl)cc2)cc1. The lowest BCUT2D eigenvalue weighted by Gasteiger charge is -2.19. The van der Waals surface area contributed by atoms with E-state index in [9.17, 15) is 4.79 Å². The Morgan fingerprint density at radius 1 is 0.909 bits per heavy atom. The predicted octanol–water partition coefficient (Wildman–Crippen LogP) is 6.73. The second-order valence-corrected chi connectivity index (χ2v) is 8.04. The van der Waals surface area contributed by atoms with Gasteiger partial charge in [-0.2, -0.15) is 0 Å². The van der Waals surface area contributed by atoms with Crippen molar-refractivity contribution in [2.24, 2.45) is 4.99 Å². The van der Waals surface area contributed by atoms with Gasteiger partial charge in [-0.05, 0) is 77.9 Å². The number of hydrogen-bond acceptors (Lipinski definition) is 3. The van der Waals surface area contributed by atoms with Crippen LogP contribution < -0.4 is 9.64 Å². The number of carbonyl (C=O) groups is 1. The molecule has 33 heavy (non-hydrogen) atoms. The molecule has 1 amide bonds. The number of carbonyl (C=O) groups excluding carboxylic acids is 1. The highest BCUT2D eigenvalue weighted by Crippen LogP contribution is 2.31. The summed E-state index contributed by atoms with van der Waals surface area (Å²) in [7, 11) is 0. The molecule has 0 saturated heterocycles. The highest BCUT2D eigenvalue weighted by Gasteiger charge is 2.32. The van der Waals surface area contributed by atoms with Crippen molar-refractivity contribution >= 4 is 45.9 Å². The standard InChI is InChI=1S/C28H21ClN2O2/c1-2-33-24-16-14-23(15-17-24)31-27(20-10-12-22(29)13-11-20)30-26(28(31)32)18-21-8-5-7-19-6-3-4-9-25(19)21/h3-18H,2H2,1H3/b26-18+. The summed E-state index contributed by atoms with van der Waals surface area (Å²) in [6.07, 6.45) is 1.86. The number of halogens is 1. The van der Waals surface area contributed by atoms with E-state index >= 15 is 0 Å². The summed E-state index contributed by atoms with van der Waals surface area (Å²) < 4.78 is 5.56. The summed E-state index contributed by atoms with van der Waals surface area (Å²) in [6, 6.07) is 29.0. The molecule has 1 aliphatic rings. The van der Waals surface area contributed by atoms with E-state index < -0.39 is 0 Å². The van der Waals surface area contributed by atoms with E-state index in [1.807, 2.05) is 73.7 Å². The molecule has 0 radical (unpaired) electrons. The minimum absolute atomic E-state index is 0.183. The van der Waals surface area contributed by atoms with E-state index in [2.05, 4.69) is 18.2 Å². The first-order valence-electron chi connectivity index (χ1n) is 10.8. The molecule has 0 unspecified atom stereocenters. The van der Waals surface area contributed by atoms with Gasteiger partial charge in [-0.25, -0.2) is 4.99 Å². The van der Waals surface area contributed by atoms with Crippen molar-refractivity contribution in [3.8, 4) is 5.75 Å². The summed E-state index contributed by atoms with van der Waals surface area (Å²) >= 11 is 6.09. The molecule has 0 fully saturated rings. The fourth-order valence-electron chi connectivity index (χ4n) is 3.93. The molecule has 4 aromatic carbocycles. The number of aliphatic imine (C=N–C) groups is 1. The van der Waals surface area contributed by atoms with Gasteiger partial charge in [0.1, 0.15) is 17.3 Å². The van der Waals surface area contributed by atoms with Gasteiger partial charge in [0, 0.05) is 10.6 Å². The zero-order valence-corrected chi connectivity index (χ0v) is 18.8. The molecule has 0 atom stereocenters. The lowest BCUT2D eigenvalue weighted by Crippen LogP contribution is -2.32. The molecule has 0 aliphatic carbocycles. The molecular formula is C28H21ClN2O2. The van der Waals surface area contributed by atoms with Crippen molar-refractivity contribution in [2.75, 3.05) is 11.5 Å². The van der Waals surface area contributed by atoms with Crippen LogP contribution in [0.2, 0.25) is 5.02 Å². The van der Waals surface area contributed by atoms with Gasteiger partial charge in [-0.15, -0.1) is 0 Å². The number of anilines is 1. The topological polar surface area (TPSA) is 41.9 Å². The fourth-order valence-corrected chi connectivity index (χ4v) is 4.06. The van der Waals surface area contributed by atoms with Gasteiger partial charge in [0.2, 0.25) is 0 Å². The van der Waals surface area contributed by atoms with Crippen LogP contribution in [-0.4, -0.2) is 18.3 Å². The Kier molecular flexibility index (Phi) is 5.68. The molecule has 162 valence electrons. The lowest BCUT2D eigenvalue weighted by atomic mass is 10.0. The summed E-state index contributed by atoms with van der Waals surface area (Å²) in [5.41, 5.74) is 2.86. The van der Waals surface area contributed by atoms with E-state index in [-0.39, 0.29) is 5.91 Å². The van der Waals surface area contributed by atoms with Crippen LogP contribution in [0.25, 0.3) is 16.8 Å². The third kappa shape index (κ3) is 4.13. The minimum Gasteiger partial charge on any atom is -0.494 e. The maximum absolute atomic E-state index is 13.6. The number of rotatable bonds is 5. The van der Waals surface area contributed by atoms with E-state index in [4.69, 9.17) is 21.3 Å². The Bertz CT molecular complexity index is 1380. The van der Waals surface area contributed by atoms with Crippen LogP contribution in [0.4, 0.5) is 5.69 Å². The third-order valence-corrected chi connectivity index (χ3v) is 5.74. The zero-order valence-electron chi connectivity index (χ0n) is 18.0. The number of amides is 1. The molecule has 0 aromatic heterocycles. The van der Waals surface area contributed by atoms with E-state index in [0.717, 1.165) is 33.3 Å². The third-order valence-electron chi connectivity index (χ3n) is 5.48. The Balaban J connectivity index is 1.61. The van der Waals surface area contributed by atoms with Crippen molar-refractivity contribution in [1.82, 2.24) is 0 Å². The summed E-state index contributed by atoms with van der Waals surface area (Å²) in [5, 5.41) is 2.81. The first-order valence-corrected chi connectivity index (χ1v) is 11.1. The number of hydrogen-bond donors (Lipinski definition) is 0. The predicted molar refractivity (Wildman–Crippen MR) is 135 cm³/mol. The molecule has 0 N–H and O–H groups in total. The largest absolute Gasteiger partial charge is 0.494 e. The van der Waals surface area contributed by atoms with Gasteiger partial charge in [0.25, 0.3) is 5.91 Å². The van der Waals surface area contributed by atoms with Crippen molar-refractivity contribution in [3.05, 3.63) is 113 Å². The van der Waals surface area contributed by atoms with Crippen LogP contribution in [0, 0.1) is 0 Å². The molecule has 5 heteroatoms. The average Bonchev–Trinajstić information content (AvgIpc) is 3.16. The second kappa shape index (κ2) is 8.93. The van der Waals surface area contributed by atoms with Crippen molar-refractivity contribution in [2.45, 2.75) is 6.92 Å². The fraction of sp³-hybridized carbons (Fsp3) is 0.0714. The van der Waals surface area contributed by atoms with Crippen LogP contribution in [0.5, 0.6) is 5.75 Å². The zero-order chi connectivity index (χ0) is 22.8. The maximum atomic E-state index is 13.6. The van der Waals surface area contributed by atoms with Crippen molar-refractivity contribution in [3.63, 3.8) is 0 Å². The van der Waals surface area contributed by atoms with Crippen LogP contribution >= 0.6 is 11.6 Å². The minimum atomic E-state index is -0.183. The smallest absolute Gasteiger partial charge is 0.282 e. The summed E-state index contributed by atoms with van der Waals surface area (Å²) in [5.74, 6) is 1.13. The molecule has 4 nitrogen and oxygen atoms in total. The van der Waals surface area contributed by atoms with Crippen LogP contribution in [-0.2, 0) is 4.79 Å². The molecule has 5 rings (SSSR count). The van der Waals surface area contributed by atoms with E-state index in [1.165, 1.54) is 0 Å². The van der Waals surface area contributed by atoms with Gasteiger partial charge in [0.05, 0.1) is 12.3 Å². The Labute approximate surface area is 197 Å². The van der Waals surface area contributed by atoms with Gasteiger partial charge in [-0.3, -0.25) is 9.69 Å². The second-order valence-electron chi connectivity index (χ2n) is 7.61. The first kappa shape index (κ1) is 21.0. The Hall–Kier alpha value is -3.89. The molecule has 1 heterocycles. The van der Waals surface area contributed by atoms with E-state index in [0.29, 0.717) is 23.2 Å². The molecule has 0 saturated carbocycles. The van der Waals surface area contributed by atoms with Crippen LogP contribution in [0.1, 0.15) is 18.1 Å². The van der Waals surface area contributed by atoms with Gasteiger partial charge >= 0.3 is 0 Å². The van der Waals surface area contributed by atoms with Gasteiger partial charge in [-0.1, -0.05) is 54.1 Å². The van der Waals surface area contributed by atoms with Crippen molar-refractivity contribution < 1.29 is 9.53 Å². The number of amidine groups is 1. The van der Waals surface area contributed by atoms with E-state index in [1.54, 1.807) is 17.0 Å². The Morgan fingerprint density at radius 2 is 1.64 bits per heavy atom. The maximum Gasteiger partial charge on any atom is 0.282 e. The molecule has 4 aromatic rings. The normalized spacial score (nSPS) is 14.7. The molecule has 0 bridgehead atoms. The number of ether oxygens (including phenoxy) is 1. The van der Waals surface area contributed by atoms with Gasteiger partial charge < -0.3 is 4.74 Å². The quantitative estimate of drug-likeness (QED) is 0.315. The van der Waals surface area contributed by atoms with Crippen LogP contribution in [0.15, 0.2) is 102 Å². The average molecular weight is 453 g/mol. The number of nitrogens with zero attached hydrogens (tertiary/aromatic N) is 2. The van der Waals surface area contributed by atoms with Gasteiger partial charge in [0.15, 0.2) is 0 Å². The highest BCUT2D eigenvalue weighted by molar-refractivity contribution is 6.34. The number of fused-ring (bicyclic) bond motifs is 1. The molecule has 1 aliphatic heterocycles. The lowest BCUT2D eigenvalue weighted by molar-refractivity contribution is -0.113. The summed E-state index contributed by atoms with van der Waals surface area (Å²) in [4.78, 5) is 20.0. The number of benzene rings is 4. The van der Waals surface area contributed by atoms with Crippen molar-refractivity contribution in [1.29, 1.82) is 0 Å². The Morgan fingerprint density at radius 3 is 2.39 bits per heavy atom. The van der Waals surface area contributed by atoms with Crippen LogP contribution in [0.3, 0.4) is 0 Å². The first-order chi connectivity index (χ1) is 16.1.